The lowest BCUT2D eigenvalue weighted by Crippen LogP contribution is -2.08. The van der Waals surface area contributed by atoms with Crippen molar-refractivity contribution in [1.82, 2.24) is 0 Å². The maximum Gasteiger partial charge on any atom is 0.343 e. The van der Waals surface area contributed by atoms with E-state index in [1.54, 1.807) is 24.3 Å². The molecule has 0 aromatic heterocycles. The minimum atomic E-state index is -0.380. The molecule has 0 unspecified atom stereocenters. The third kappa shape index (κ3) is 10.4. The Morgan fingerprint density at radius 3 is 1.61 bits per heavy atom. The molecule has 0 bridgehead atoms. The molecule has 0 aliphatic carbocycles. The van der Waals surface area contributed by atoms with Gasteiger partial charge in [0.1, 0.15) is 17.2 Å². The van der Waals surface area contributed by atoms with Crippen molar-refractivity contribution in [2.45, 2.75) is 78.1 Å². The zero-order valence-electron chi connectivity index (χ0n) is 19.2. The van der Waals surface area contributed by atoms with E-state index in [-0.39, 0.29) is 5.97 Å². The number of benzene rings is 2. The molecule has 2 rings (SSSR count). The smallest absolute Gasteiger partial charge is 0.343 e. The molecular weight excluding hydrogens is 388 g/mol. The van der Waals surface area contributed by atoms with Crippen molar-refractivity contribution in [2.75, 3.05) is 13.2 Å². The number of carbonyl (C=O) groups is 1. The summed E-state index contributed by atoms with van der Waals surface area (Å²) in [4.78, 5) is 12.4. The van der Waals surface area contributed by atoms with E-state index in [1.807, 2.05) is 24.3 Å². The molecule has 0 aliphatic heterocycles. The summed E-state index contributed by atoms with van der Waals surface area (Å²) in [6.07, 6.45) is 12.4. The number of hydrogen-bond donors (Lipinski definition) is 0. The summed E-state index contributed by atoms with van der Waals surface area (Å²) in [6, 6.07) is 14.3. The van der Waals surface area contributed by atoms with E-state index in [0.717, 1.165) is 30.8 Å². The van der Waals surface area contributed by atoms with E-state index in [9.17, 15) is 4.79 Å². The fourth-order valence-corrected chi connectivity index (χ4v) is 3.22. The van der Waals surface area contributed by atoms with Gasteiger partial charge in [0, 0.05) is 0 Å². The molecule has 4 nitrogen and oxygen atoms in total. The summed E-state index contributed by atoms with van der Waals surface area (Å²) < 4.78 is 16.9. The Balaban J connectivity index is 1.66. The minimum absolute atomic E-state index is 0.380. The van der Waals surface area contributed by atoms with Crippen LogP contribution in [0.25, 0.3) is 0 Å². The summed E-state index contributed by atoms with van der Waals surface area (Å²) in [7, 11) is 0. The molecule has 0 spiro atoms. The summed E-state index contributed by atoms with van der Waals surface area (Å²) in [6.45, 7) is 5.78. The van der Waals surface area contributed by atoms with Gasteiger partial charge < -0.3 is 14.2 Å². The van der Waals surface area contributed by atoms with Gasteiger partial charge in [0.05, 0.1) is 18.8 Å². The quantitative estimate of drug-likeness (QED) is 0.157. The van der Waals surface area contributed by atoms with Crippen LogP contribution >= 0.6 is 0 Å². The average Bonchev–Trinajstić information content (AvgIpc) is 2.79. The molecule has 4 heteroatoms. The lowest BCUT2D eigenvalue weighted by Gasteiger charge is -2.09. The Hall–Kier alpha value is -2.49. The van der Waals surface area contributed by atoms with Crippen LogP contribution < -0.4 is 14.2 Å². The van der Waals surface area contributed by atoms with E-state index in [2.05, 4.69) is 13.8 Å². The van der Waals surface area contributed by atoms with Crippen LogP contribution in [0.4, 0.5) is 0 Å². The second-order valence-corrected chi connectivity index (χ2v) is 7.91. The molecule has 31 heavy (non-hydrogen) atoms. The minimum Gasteiger partial charge on any atom is -0.494 e. The van der Waals surface area contributed by atoms with Crippen LogP contribution in [0.5, 0.6) is 17.2 Å². The van der Waals surface area contributed by atoms with Crippen LogP contribution in [0.3, 0.4) is 0 Å². The van der Waals surface area contributed by atoms with Gasteiger partial charge in [0.25, 0.3) is 0 Å². The van der Waals surface area contributed by atoms with Crippen molar-refractivity contribution < 1.29 is 19.0 Å². The monoisotopic (exact) mass is 426 g/mol. The van der Waals surface area contributed by atoms with Crippen molar-refractivity contribution in [3.8, 4) is 17.2 Å². The number of hydrogen-bond acceptors (Lipinski definition) is 4. The third-order valence-electron chi connectivity index (χ3n) is 5.16. The standard InChI is InChI=1S/C27H38O4/c1-3-5-7-8-9-10-11-12-22-30-24-15-13-23(14-16-24)27(28)31-26-19-17-25(18-20-26)29-21-6-4-2/h13-20H,3-12,21-22H2,1-2H3. The highest BCUT2D eigenvalue weighted by Gasteiger charge is 2.09. The average molecular weight is 427 g/mol. The van der Waals surface area contributed by atoms with E-state index in [0.29, 0.717) is 24.5 Å². The van der Waals surface area contributed by atoms with Gasteiger partial charge in [-0.15, -0.1) is 0 Å². The Morgan fingerprint density at radius 1 is 0.581 bits per heavy atom. The first kappa shape index (κ1) is 24.8. The molecule has 2 aromatic rings. The van der Waals surface area contributed by atoms with Crippen molar-refractivity contribution in [2.24, 2.45) is 0 Å². The highest BCUT2D eigenvalue weighted by atomic mass is 16.5. The van der Waals surface area contributed by atoms with Gasteiger partial charge in [0.15, 0.2) is 0 Å². The number of esters is 1. The number of carbonyl (C=O) groups excluding carboxylic acids is 1. The van der Waals surface area contributed by atoms with E-state index < -0.39 is 0 Å². The predicted molar refractivity (Wildman–Crippen MR) is 126 cm³/mol. The van der Waals surface area contributed by atoms with Gasteiger partial charge in [-0.05, 0) is 61.4 Å². The summed E-state index contributed by atoms with van der Waals surface area (Å²) in [5.74, 6) is 1.69. The molecule has 0 atom stereocenters. The van der Waals surface area contributed by atoms with Gasteiger partial charge in [-0.25, -0.2) is 4.79 Å². The fourth-order valence-electron chi connectivity index (χ4n) is 3.22. The zero-order valence-corrected chi connectivity index (χ0v) is 19.2. The van der Waals surface area contributed by atoms with Crippen molar-refractivity contribution in [3.05, 3.63) is 54.1 Å². The first-order valence-electron chi connectivity index (χ1n) is 11.9. The van der Waals surface area contributed by atoms with Crippen LogP contribution in [0.1, 0.15) is 88.4 Å². The first-order valence-corrected chi connectivity index (χ1v) is 11.9. The molecule has 0 saturated heterocycles. The Kier molecular flexibility index (Phi) is 12.3. The van der Waals surface area contributed by atoms with E-state index in [4.69, 9.17) is 14.2 Å². The third-order valence-corrected chi connectivity index (χ3v) is 5.16. The highest BCUT2D eigenvalue weighted by Crippen LogP contribution is 2.20. The molecule has 0 amide bonds. The maximum absolute atomic E-state index is 12.4. The van der Waals surface area contributed by atoms with E-state index in [1.165, 1.54) is 44.9 Å². The Labute approximate surface area is 187 Å². The topological polar surface area (TPSA) is 44.8 Å². The lowest BCUT2D eigenvalue weighted by atomic mass is 10.1. The lowest BCUT2D eigenvalue weighted by molar-refractivity contribution is 0.0734. The van der Waals surface area contributed by atoms with Crippen molar-refractivity contribution in [1.29, 1.82) is 0 Å². The van der Waals surface area contributed by atoms with Crippen molar-refractivity contribution in [3.63, 3.8) is 0 Å². The Morgan fingerprint density at radius 2 is 1.03 bits per heavy atom. The SMILES string of the molecule is CCCCCCCCCCOc1ccc(C(=O)Oc2ccc(OCCCC)cc2)cc1. The first-order chi connectivity index (χ1) is 15.2. The van der Waals surface area contributed by atoms with Crippen LogP contribution in [0, 0.1) is 0 Å². The van der Waals surface area contributed by atoms with Crippen molar-refractivity contribution >= 4 is 5.97 Å². The van der Waals surface area contributed by atoms with Gasteiger partial charge in [-0.2, -0.15) is 0 Å². The zero-order chi connectivity index (χ0) is 22.2. The largest absolute Gasteiger partial charge is 0.494 e. The molecule has 0 heterocycles. The highest BCUT2D eigenvalue weighted by molar-refractivity contribution is 5.91. The van der Waals surface area contributed by atoms with Gasteiger partial charge >= 0.3 is 5.97 Å². The van der Waals surface area contributed by atoms with Gasteiger partial charge in [-0.1, -0.05) is 65.2 Å². The number of ether oxygens (including phenoxy) is 3. The molecule has 0 N–H and O–H groups in total. The normalized spacial score (nSPS) is 10.6. The van der Waals surface area contributed by atoms with E-state index >= 15 is 0 Å². The van der Waals surface area contributed by atoms with Crippen LogP contribution in [0.2, 0.25) is 0 Å². The van der Waals surface area contributed by atoms with Crippen LogP contribution in [-0.2, 0) is 0 Å². The van der Waals surface area contributed by atoms with Gasteiger partial charge in [0.2, 0.25) is 0 Å². The van der Waals surface area contributed by atoms with Crippen LogP contribution in [-0.4, -0.2) is 19.2 Å². The summed E-state index contributed by atoms with van der Waals surface area (Å²) in [5, 5.41) is 0. The fraction of sp³-hybridized carbons (Fsp3) is 0.519. The molecule has 2 aromatic carbocycles. The summed E-state index contributed by atoms with van der Waals surface area (Å²) >= 11 is 0. The predicted octanol–water partition coefficient (Wildman–Crippen LogP) is 7.60. The van der Waals surface area contributed by atoms with Crippen LogP contribution in [0.15, 0.2) is 48.5 Å². The number of rotatable bonds is 16. The summed E-state index contributed by atoms with van der Waals surface area (Å²) in [5.41, 5.74) is 0.503. The Bertz CT molecular complexity index is 722. The molecule has 0 saturated carbocycles. The maximum atomic E-state index is 12.4. The molecular formula is C27H38O4. The number of unbranched alkanes of at least 4 members (excludes halogenated alkanes) is 8. The second kappa shape index (κ2) is 15.3. The molecule has 0 fully saturated rings. The molecule has 170 valence electrons. The second-order valence-electron chi connectivity index (χ2n) is 7.91. The molecule has 0 radical (unpaired) electrons. The molecule has 0 aliphatic rings. The van der Waals surface area contributed by atoms with Gasteiger partial charge in [-0.3, -0.25) is 0 Å².